The van der Waals surface area contributed by atoms with Gasteiger partial charge in [0.25, 0.3) is 17.7 Å². The molecule has 1 fully saturated rings. The van der Waals surface area contributed by atoms with Crippen molar-refractivity contribution in [3.63, 3.8) is 0 Å². The van der Waals surface area contributed by atoms with Crippen LogP contribution in [0.3, 0.4) is 0 Å². The first-order valence-electron chi connectivity index (χ1n) is 10.3. The molecule has 160 valence electrons. The number of piperazine rings is 1. The third kappa shape index (κ3) is 3.90. The summed E-state index contributed by atoms with van der Waals surface area (Å²) in [6.07, 6.45) is 1.48. The fraction of sp³-hybridized carbons (Fsp3) is 0.167. The van der Waals surface area contributed by atoms with Gasteiger partial charge in [0.05, 0.1) is 6.26 Å². The Morgan fingerprint density at radius 3 is 2.09 bits per heavy atom. The van der Waals surface area contributed by atoms with Crippen LogP contribution in [0, 0.1) is 0 Å². The van der Waals surface area contributed by atoms with Gasteiger partial charge in [0.15, 0.2) is 5.76 Å². The van der Waals surface area contributed by atoms with Gasteiger partial charge < -0.3 is 18.7 Å². The third-order valence-corrected chi connectivity index (χ3v) is 5.42. The number of furan rings is 1. The van der Waals surface area contributed by atoms with Crippen molar-refractivity contribution in [3.05, 3.63) is 84.3 Å². The Hall–Kier alpha value is -4.20. The van der Waals surface area contributed by atoms with E-state index < -0.39 is 0 Å². The highest BCUT2D eigenvalue weighted by Crippen LogP contribution is 2.23. The molecule has 8 heteroatoms. The molecule has 32 heavy (non-hydrogen) atoms. The Labute approximate surface area is 184 Å². The molecule has 0 atom stereocenters. The summed E-state index contributed by atoms with van der Waals surface area (Å²) in [6.45, 7) is 1.87. The van der Waals surface area contributed by atoms with E-state index in [4.69, 9.17) is 8.94 Å². The molecule has 0 radical (unpaired) electrons. The number of benzene rings is 2. The molecule has 8 nitrogen and oxygen atoms in total. The van der Waals surface area contributed by atoms with Crippen molar-refractivity contribution in [1.29, 1.82) is 0 Å². The van der Waals surface area contributed by atoms with Gasteiger partial charge in [0, 0.05) is 42.9 Å². The van der Waals surface area contributed by atoms with Crippen LogP contribution in [0.2, 0.25) is 0 Å². The summed E-state index contributed by atoms with van der Waals surface area (Å²) in [5.41, 5.74) is 2.19. The van der Waals surface area contributed by atoms with Crippen LogP contribution in [-0.4, -0.2) is 57.9 Å². The Bertz CT molecular complexity index is 1210. The van der Waals surface area contributed by atoms with E-state index in [2.05, 4.69) is 10.1 Å². The predicted molar refractivity (Wildman–Crippen MR) is 116 cm³/mol. The number of carbonyl (C=O) groups excluding carboxylic acids is 2. The Morgan fingerprint density at radius 2 is 1.44 bits per heavy atom. The van der Waals surface area contributed by atoms with E-state index in [0.717, 1.165) is 11.1 Å². The van der Waals surface area contributed by atoms with E-state index in [-0.39, 0.29) is 11.8 Å². The second-order valence-electron chi connectivity index (χ2n) is 7.43. The van der Waals surface area contributed by atoms with E-state index in [1.807, 2.05) is 30.3 Å². The molecule has 1 aliphatic heterocycles. The average molecular weight is 428 g/mol. The monoisotopic (exact) mass is 428 g/mol. The molecule has 0 saturated carbocycles. The first-order valence-corrected chi connectivity index (χ1v) is 10.3. The fourth-order valence-corrected chi connectivity index (χ4v) is 3.65. The van der Waals surface area contributed by atoms with E-state index >= 15 is 0 Å². The molecule has 0 unspecified atom stereocenters. The average Bonchev–Trinajstić information content (AvgIpc) is 3.57. The van der Waals surface area contributed by atoms with Crippen molar-refractivity contribution in [1.82, 2.24) is 19.9 Å². The van der Waals surface area contributed by atoms with Crippen LogP contribution in [-0.2, 0) is 0 Å². The van der Waals surface area contributed by atoms with Crippen molar-refractivity contribution >= 4 is 11.8 Å². The van der Waals surface area contributed by atoms with Crippen LogP contribution in [0.1, 0.15) is 20.9 Å². The molecule has 0 N–H and O–H groups in total. The van der Waals surface area contributed by atoms with Crippen molar-refractivity contribution in [3.8, 4) is 22.8 Å². The minimum atomic E-state index is -0.152. The van der Waals surface area contributed by atoms with Crippen molar-refractivity contribution < 1.29 is 18.5 Å². The van der Waals surface area contributed by atoms with Gasteiger partial charge in [-0.1, -0.05) is 35.5 Å². The van der Waals surface area contributed by atoms with Crippen LogP contribution >= 0.6 is 0 Å². The molecule has 1 saturated heterocycles. The van der Waals surface area contributed by atoms with Crippen LogP contribution in [0.15, 0.2) is 81.9 Å². The number of carbonyl (C=O) groups is 2. The van der Waals surface area contributed by atoms with Crippen molar-refractivity contribution in [2.75, 3.05) is 26.2 Å². The van der Waals surface area contributed by atoms with Crippen LogP contribution < -0.4 is 0 Å². The van der Waals surface area contributed by atoms with Gasteiger partial charge >= 0.3 is 0 Å². The zero-order valence-corrected chi connectivity index (χ0v) is 17.2. The zero-order valence-electron chi connectivity index (χ0n) is 17.2. The molecule has 1 aliphatic rings. The van der Waals surface area contributed by atoms with E-state index in [1.165, 1.54) is 6.26 Å². The molecule has 2 amide bonds. The number of hydrogen-bond donors (Lipinski definition) is 0. The summed E-state index contributed by atoms with van der Waals surface area (Å²) in [7, 11) is 0. The summed E-state index contributed by atoms with van der Waals surface area (Å²) < 4.78 is 10.6. The maximum atomic E-state index is 12.9. The second kappa shape index (κ2) is 8.50. The topological polar surface area (TPSA) is 92.7 Å². The Kier molecular flexibility index (Phi) is 5.25. The number of hydrogen-bond acceptors (Lipinski definition) is 6. The minimum absolute atomic E-state index is 0.0721. The lowest BCUT2D eigenvalue weighted by molar-refractivity contribution is 0.0518. The van der Waals surface area contributed by atoms with Gasteiger partial charge in [-0.05, 0) is 36.4 Å². The summed E-state index contributed by atoms with van der Waals surface area (Å²) in [5, 5.41) is 4.03. The number of rotatable bonds is 4. The van der Waals surface area contributed by atoms with E-state index in [1.54, 1.807) is 46.2 Å². The van der Waals surface area contributed by atoms with E-state index in [9.17, 15) is 9.59 Å². The lowest BCUT2D eigenvalue weighted by atomic mass is 10.1. The maximum absolute atomic E-state index is 12.9. The molecule has 2 aromatic heterocycles. The lowest BCUT2D eigenvalue weighted by Crippen LogP contribution is -2.50. The SMILES string of the molecule is O=C(c1ccc(-c2nc(-c3ccccc3)no2)cc1)N1CCN(C(=O)c2ccco2)CC1. The van der Waals surface area contributed by atoms with Crippen LogP contribution in [0.25, 0.3) is 22.8 Å². The zero-order chi connectivity index (χ0) is 21.9. The van der Waals surface area contributed by atoms with Crippen molar-refractivity contribution in [2.24, 2.45) is 0 Å². The standard InChI is InChI=1S/C24H20N4O4/c29-23(27-12-14-28(15-13-27)24(30)20-7-4-16-31-20)19-10-8-18(9-11-19)22-25-21(26-32-22)17-5-2-1-3-6-17/h1-11,16H,12-15H2. The molecule has 4 aromatic rings. The van der Waals surface area contributed by atoms with Crippen LogP contribution in [0.5, 0.6) is 0 Å². The molecule has 0 spiro atoms. The number of amides is 2. The van der Waals surface area contributed by atoms with Gasteiger partial charge in [-0.3, -0.25) is 9.59 Å². The van der Waals surface area contributed by atoms with Gasteiger partial charge in [0.1, 0.15) is 0 Å². The number of aromatic nitrogens is 2. The first-order chi connectivity index (χ1) is 15.7. The smallest absolute Gasteiger partial charge is 0.289 e. The van der Waals surface area contributed by atoms with Gasteiger partial charge in [-0.15, -0.1) is 0 Å². The summed E-state index contributed by atoms with van der Waals surface area (Å²) >= 11 is 0. The largest absolute Gasteiger partial charge is 0.459 e. The highest BCUT2D eigenvalue weighted by atomic mass is 16.5. The van der Waals surface area contributed by atoms with E-state index in [0.29, 0.717) is 49.2 Å². The number of nitrogens with zero attached hydrogens (tertiary/aromatic N) is 4. The second-order valence-corrected chi connectivity index (χ2v) is 7.43. The molecular formula is C24H20N4O4. The summed E-state index contributed by atoms with van der Waals surface area (Å²) in [4.78, 5) is 33.2. The molecular weight excluding hydrogens is 408 g/mol. The molecule has 5 rings (SSSR count). The lowest BCUT2D eigenvalue weighted by Gasteiger charge is -2.34. The highest BCUT2D eigenvalue weighted by Gasteiger charge is 2.26. The molecule has 0 bridgehead atoms. The fourth-order valence-electron chi connectivity index (χ4n) is 3.65. The first kappa shape index (κ1) is 19.7. The van der Waals surface area contributed by atoms with Gasteiger partial charge in [-0.2, -0.15) is 4.98 Å². The van der Waals surface area contributed by atoms with Crippen molar-refractivity contribution in [2.45, 2.75) is 0 Å². The minimum Gasteiger partial charge on any atom is -0.459 e. The normalized spacial score (nSPS) is 13.9. The molecule has 0 aliphatic carbocycles. The van der Waals surface area contributed by atoms with Crippen LogP contribution in [0.4, 0.5) is 0 Å². The molecule has 3 heterocycles. The summed E-state index contributed by atoms with van der Waals surface area (Å²) in [6, 6.07) is 20.0. The highest BCUT2D eigenvalue weighted by molar-refractivity contribution is 5.95. The molecule has 2 aromatic carbocycles. The Morgan fingerprint density at radius 1 is 0.750 bits per heavy atom. The summed E-state index contributed by atoms with van der Waals surface area (Å²) in [5.74, 6) is 1.01. The maximum Gasteiger partial charge on any atom is 0.289 e. The predicted octanol–water partition coefficient (Wildman–Crippen LogP) is 3.59. The van der Waals surface area contributed by atoms with Gasteiger partial charge in [0.2, 0.25) is 5.82 Å². The Balaban J connectivity index is 1.22. The van der Waals surface area contributed by atoms with Gasteiger partial charge in [-0.25, -0.2) is 0 Å². The third-order valence-electron chi connectivity index (χ3n) is 5.42. The quantitative estimate of drug-likeness (QED) is 0.493.